The molecule has 1 aromatic heterocycles. The Morgan fingerprint density at radius 1 is 1.00 bits per heavy atom. The van der Waals surface area contributed by atoms with Gasteiger partial charge in [-0.3, -0.25) is 19.1 Å². The summed E-state index contributed by atoms with van der Waals surface area (Å²) in [6.45, 7) is 9.72. The number of Topliss-reactive ketones (excluding diaryl/α,β-unsaturated/α-hetero) is 1. The Morgan fingerprint density at radius 2 is 1.73 bits per heavy atom. The van der Waals surface area contributed by atoms with E-state index in [9.17, 15) is 14.4 Å². The highest BCUT2D eigenvalue weighted by Gasteiger charge is 2.45. The predicted octanol–water partition coefficient (Wildman–Crippen LogP) is 6.07. The lowest BCUT2D eigenvalue weighted by Crippen LogP contribution is -2.30. The Hall–Kier alpha value is -4.26. The summed E-state index contributed by atoms with van der Waals surface area (Å²) >= 11 is 0. The van der Waals surface area contributed by atoms with E-state index in [2.05, 4.69) is 34.7 Å². The summed E-state index contributed by atoms with van der Waals surface area (Å²) in [5, 5.41) is 7.49. The van der Waals surface area contributed by atoms with Gasteiger partial charge in [-0.1, -0.05) is 23.8 Å². The fourth-order valence-corrected chi connectivity index (χ4v) is 7.09. The number of aryl methyl sites for hydroxylation is 2. The molecule has 3 heterocycles. The first-order valence-corrected chi connectivity index (χ1v) is 14.3. The van der Waals surface area contributed by atoms with Crippen molar-refractivity contribution >= 4 is 17.6 Å². The Morgan fingerprint density at radius 3 is 2.39 bits per heavy atom. The lowest BCUT2D eigenvalue weighted by molar-refractivity contribution is -0.131. The lowest BCUT2D eigenvalue weighted by Gasteiger charge is -2.20. The Labute approximate surface area is 240 Å². The van der Waals surface area contributed by atoms with Crippen LogP contribution < -0.4 is 5.32 Å². The van der Waals surface area contributed by atoms with Crippen molar-refractivity contribution in [1.29, 1.82) is 0 Å². The van der Waals surface area contributed by atoms with Gasteiger partial charge in [0.1, 0.15) is 0 Å². The van der Waals surface area contributed by atoms with Gasteiger partial charge >= 0.3 is 0 Å². The maximum atomic E-state index is 13.7. The van der Waals surface area contributed by atoms with Crippen LogP contribution in [0.5, 0.6) is 0 Å². The molecule has 3 aromatic rings. The molecular formula is C34H36N4O3. The molecule has 210 valence electrons. The molecule has 0 spiro atoms. The van der Waals surface area contributed by atoms with Crippen molar-refractivity contribution in [3.05, 3.63) is 87.1 Å². The first-order chi connectivity index (χ1) is 19.5. The second-order valence-electron chi connectivity index (χ2n) is 11.8. The molecular weight excluding hydrogens is 512 g/mol. The van der Waals surface area contributed by atoms with Crippen molar-refractivity contribution in [3.8, 4) is 22.4 Å². The summed E-state index contributed by atoms with van der Waals surface area (Å²) < 4.78 is 1.85. The summed E-state index contributed by atoms with van der Waals surface area (Å²) in [6.07, 6.45) is 6.23. The summed E-state index contributed by atoms with van der Waals surface area (Å²) in [6, 6.07) is 10.8. The number of carbonyl (C=O) groups excluding carboxylic acids is 3. The summed E-state index contributed by atoms with van der Waals surface area (Å²) in [5.41, 5.74) is 11.3. The van der Waals surface area contributed by atoms with Crippen molar-refractivity contribution in [2.24, 2.45) is 7.05 Å². The number of hydrogen-bond acceptors (Lipinski definition) is 4. The van der Waals surface area contributed by atoms with E-state index in [0.29, 0.717) is 17.6 Å². The zero-order valence-corrected chi connectivity index (χ0v) is 24.6. The van der Waals surface area contributed by atoms with Crippen LogP contribution in [0.3, 0.4) is 0 Å². The van der Waals surface area contributed by atoms with Gasteiger partial charge in [-0.2, -0.15) is 5.10 Å². The van der Waals surface area contributed by atoms with Crippen molar-refractivity contribution in [3.63, 3.8) is 0 Å². The number of rotatable bonds is 5. The molecule has 0 radical (unpaired) electrons. The van der Waals surface area contributed by atoms with E-state index in [1.54, 1.807) is 6.92 Å². The Bertz CT molecular complexity index is 1690. The highest BCUT2D eigenvalue weighted by Crippen LogP contribution is 2.53. The van der Waals surface area contributed by atoms with Gasteiger partial charge in [0.15, 0.2) is 5.78 Å². The molecule has 1 saturated heterocycles. The number of fused-ring (bicyclic) bond motifs is 5. The molecule has 1 N–H and O–H groups in total. The van der Waals surface area contributed by atoms with Gasteiger partial charge in [-0.25, -0.2) is 0 Å². The van der Waals surface area contributed by atoms with Gasteiger partial charge in [0.2, 0.25) is 5.91 Å². The van der Waals surface area contributed by atoms with Gasteiger partial charge in [0.05, 0.1) is 24.0 Å². The highest BCUT2D eigenvalue weighted by atomic mass is 16.2. The van der Waals surface area contributed by atoms with E-state index in [4.69, 9.17) is 0 Å². The second-order valence-corrected chi connectivity index (χ2v) is 11.8. The molecule has 2 atom stereocenters. The number of nitrogens with one attached hydrogen (secondary N) is 1. The number of aromatic nitrogens is 2. The molecule has 2 aliphatic heterocycles. The molecule has 41 heavy (non-hydrogen) atoms. The molecule has 2 amide bonds. The summed E-state index contributed by atoms with van der Waals surface area (Å²) in [5.74, 6) is -0.0368. The maximum absolute atomic E-state index is 13.7. The van der Waals surface area contributed by atoms with E-state index >= 15 is 0 Å². The first-order valence-electron chi connectivity index (χ1n) is 14.3. The van der Waals surface area contributed by atoms with Crippen LogP contribution in [-0.2, 0) is 16.6 Å². The molecule has 7 heteroatoms. The largest absolute Gasteiger partial charge is 0.348 e. The SMILES string of the molecule is CC(=O)N1C2CCC1c1cc(-c3cc(C(=O)NCC4=C(C)C=C(C)CC4=O)c(C)c(-c4c(C)cnn4C)c3)ccc12. The smallest absolute Gasteiger partial charge is 0.251 e. The number of carbonyl (C=O) groups is 3. The minimum Gasteiger partial charge on any atom is -0.348 e. The van der Waals surface area contributed by atoms with Crippen molar-refractivity contribution in [2.45, 2.75) is 66.0 Å². The molecule has 1 fully saturated rings. The van der Waals surface area contributed by atoms with Crippen molar-refractivity contribution in [2.75, 3.05) is 6.54 Å². The zero-order valence-electron chi connectivity index (χ0n) is 24.6. The lowest BCUT2D eigenvalue weighted by atomic mass is 9.87. The van der Waals surface area contributed by atoms with Crippen LogP contribution in [0.1, 0.15) is 84.7 Å². The van der Waals surface area contributed by atoms with Crippen LogP contribution in [0.25, 0.3) is 22.4 Å². The molecule has 6 rings (SSSR count). The van der Waals surface area contributed by atoms with Gasteiger partial charge in [-0.15, -0.1) is 0 Å². The fourth-order valence-electron chi connectivity index (χ4n) is 7.09. The van der Waals surface area contributed by atoms with Gasteiger partial charge < -0.3 is 10.2 Å². The zero-order chi connectivity index (χ0) is 29.2. The van der Waals surface area contributed by atoms with Gasteiger partial charge in [0, 0.05) is 43.6 Å². The number of ketones is 1. The van der Waals surface area contributed by atoms with Crippen LogP contribution in [0.4, 0.5) is 0 Å². The normalized spacial score (nSPS) is 19.5. The first kappa shape index (κ1) is 26.9. The maximum Gasteiger partial charge on any atom is 0.251 e. The monoisotopic (exact) mass is 548 g/mol. The summed E-state index contributed by atoms with van der Waals surface area (Å²) in [7, 11) is 1.91. The topological polar surface area (TPSA) is 84.3 Å². The van der Waals surface area contributed by atoms with Crippen LogP contribution in [0.15, 0.2) is 59.3 Å². The second kappa shape index (κ2) is 9.98. The molecule has 2 bridgehead atoms. The minimum atomic E-state index is -0.215. The highest BCUT2D eigenvalue weighted by molar-refractivity contribution is 6.03. The van der Waals surface area contributed by atoms with Gasteiger partial charge in [0.25, 0.3) is 5.91 Å². The molecule has 2 aromatic carbocycles. The van der Waals surface area contributed by atoms with Crippen LogP contribution >= 0.6 is 0 Å². The number of amides is 2. The number of hydrogen-bond donors (Lipinski definition) is 1. The number of benzene rings is 2. The number of nitrogens with zero attached hydrogens (tertiary/aromatic N) is 3. The third kappa shape index (κ3) is 4.44. The van der Waals surface area contributed by atoms with Gasteiger partial charge in [-0.05, 0) is 97.7 Å². The fraction of sp³-hybridized carbons (Fsp3) is 0.353. The van der Waals surface area contributed by atoms with Crippen LogP contribution in [0, 0.1) is 13.8 Å². The van der Waals surface area contributed by atoms with E-state index in [1.807, 2.05) is 62.7 Å². The quantitative estimate of drug-likeness (QED) is 0.419. The third-order valence-electron chi connectivity index (χ3n) is 9.06. The van der Waals surface area contributed by atoms with Crippen LogP contribution in [-0.4, -0.2) is 38.8 Å². The Balaban J connectivity index is 1.42. The standard InChI is InChI=1S/C34H36N4O3/c1-18-11-19(2)29(32(40)12-18)17-35-34(41)27-15-24(14-26(21(27)4)33-20(3)16-36-37(33)6)23-7-8-25-28(13-23)31-10-9-30(25)38(31)22(5)39/h7-8,11,13-16,30-31H,9-10,12,17H2,1-6H3,(H,35,41). The van der Waals surface area contributed by atoms with E-state index in [-0.39, 0.29) is 36.2 Å². The minimum absolute atomic E-state index is 0.0616. The Kier molecular flexibility index (Phi) is 6.56. The average Bonchev–Trinajstić information content (AvgIpc) is 3.60. The van der Waals surface area contributed by atoms with E-state index < -0.39 is 0 Å². The molecule has 1 aliphatic carbocycles. The predicted molar refractivity (Wildman–Crippen MR) is 159 cm³/mol. The summed E-state index contributed by atoms with van der Waals surface area (Å²) in [4.78, 5) is 40.9. The molecule has 2 unspecified atom stereocenters. The van der Waals surface area contributed by atoms with Crippen molar-refractivity contribution < 1.29 is 14.4 Å². The van der Waals surface area contributed by atoms with Crippen LogP contribution in [0.2, 0.25) is 0 Å². The third-order valence-corrected chi connectivity index (χ3v) is 9.06. The van der Waals surface area contributed by atoms with Crippen molar-refractivity contribution in [1.82, 2.24) is 20.0 Å². The molecule has 3 aliphatic rings. The molecule has 7 nitrogen and oxygen atoms in total. The molecule has 0 saturated carbocycles. The van der Waals surface area contributed by atoms with E-state index in [1.165, 1.54) is 11.1 Å². The average molecular weight is 549 g/mol. The van der Waals surface area contributed by atoms with E-state index in [0.717, 1.165) is 57.5 Å². The number of allylic oxidation sites excluding steroid dienone is 3.